The van der Waals surface area contributed by atoms with Crippen LogP contribution >= 0.6 is 0 Å². The largest absolute Gasteiger partial charge is 0.472 e. The lowest BCUT2D eigenvalue weighted by molar-refractivity contribution is 0.159. The van der Waals surface area contributed by atoms with E-state index in [1.807, 2.05) is 19.1 Å². The second kappa shape index (κ2) is 4.37. The van der Waals surface area contributed by atoms with Crippen molar-refractivity contribution in [1.29, 1.82) is 0 Å². The summed E-state index contributed by atoms with van der Waals surface area (Å²) in [6.07, 6.45) is 2.52. The number of rotatable bonds is 2. The topological polar surface area (TPSA) is 47.0 Å². The fourth-order valence-electron chi connectivity index (χ4n) is 1.54. The molecule has 1 atom stereocenters. The van der Waals surface area contributed by atoms with Gasteiger partial charge in [0.2, 0.25) is 5.88 Å². The highest BCUT2D eigenvalue weighted by Crippen LogP contribution is 2.11. The van der Waals surface area contributed by atoms with Crippen molar-refractivity contribution in [3.05, 3.63) is 17.8 Å². The Morgan fingerprint density at radius 1 is 1.43 bits per heavy atom. The third-order valence-corrected chi connectivity index (χ3v) is 2.31. The van der Waals surface area contributed by atoms with E-state index in [9.17, 15) is 0 Å². The number of aromatic nitrogens is 2. The zero-order valence-corrected chi connectivity index (χ0v) is 8.36. The summed E-state index contributed by atoms with van der Waals surface area (Å²) >= 11 is 0. The molecule has 0 unspecified atom stereocenters. The van der Waals surface area contributed by atoms with E-state index >= 15 is 0 Å². The lowest BCUT2D eigenvalue weighted by Gasteiger charge is -2.22. The van der Waals surface area contributed by atoms with Gasteiger partial charge in [0, 0.05) is 12.6 Å². The maximum atomic E-state index is 5.67. The quantitative estimate of drug-likeness (QED) is 0.758. The Morgan fingerprint density at radius 2 is 2.36 bits per heavy atom. The molecule has 1 saturated heterocycles. The van der Waals surface area contributed by atoms with Gasteiger partial charge in [-0.3, -0.25) is 0 Å². The molecule has 1 N–H and O–H groups in total. The molecule has 1 aromatic heterocycles. The highest BCUT2D eigenvalue weighted by Gasteiger charge is 2.14. The number of hydrogen-bond donors (Lipinski definition) is 1. The summed E-state index contributed by atoms with van der Waals surface area (Å²) in [4.78, 5) is 0. The van der Waals surface area contributed by atoms with Crippen molar-refractivity contribution in [1.82, 2.24) is 15.5 Å². The maximum Gasteiger partial charge on any atom is 0.233 e. The van der Waals surface area contributed by atoms with Crippen LogP contribution in [-0.4, -0.2) is 29.4 Å². The van der Waals surface area contributed by atoms with Crippen LogP contribution in [0.4, 0.5) is 0 Å². The molecule has 76 valence electrons. The zero-order chi connectivity index (χ0) is 9.80. The molecule has 1 aliphatic rings. The van der Waals surface area contributed by atoms with Crippen LogP contribution in [0.2, 0.25) is 0 Å². The SMILES string of the molecule is Cc1ccc(O[C@@H]2CCCNC2)nn1. The lowest BCUT2D eigenvalue weighted by Crippen LogP contribution is -2.37. The van der Waals surface area contributed by atoms with E-state index < -0.39 is 0 Å². The van der Waals surface area contributed by atoms with Crippen LogP contribution in [0.1, 0.15) is 18.5 Å². The highest BCUT2D eigenvalue weighted by molar-refractivity contribution is 5.10. The maximum absolute atomic E-state index is 5.67. The van der Waals surface area contributed by atoms with Gasteiger partial charge in [0.15, 0.2) is 0 Å². The number of hydrogen-bond acceptors (Lipinski definition) is 4. The molecule has 0 saturated carbocycles. The van der Waals surface area contributed by atoms with Crippen LogP contribution in [0.25, 0.3) is 0 Å². The van der Waals surface area contributed by atoms with E-state index in [2.05, 4.69) is 15.5 Å². The third-order valence-electron chi connectivity index (χ3n) is 2.31. The van der Waals surface area contributed by atoms with Crippen molar-refractivity contribution in [3.63, 3.8) is 0 Å². The Bertz CT molecular complexity index is 280. The van der Waals surface area contributed by atoms with Gasteiger partial charge < -0.3 is 10.1 Å². The molecule has 0 aliphatic carbocycles. The van der Waals surface area contributed by atoms with Crippen LogP contribution in [0, 0.1) is 6.92 Å². The molecule has 2 heterocycles. The van der Waals surface area contributed by atoms with Gasteiger partial charge in [-0.1, -0.05) is 0 Å². The standard InChI is InChI=1S/C10H15N3O/c1-8-4-5-10(13-12-8)14-9-3-2-6-11-7-9/h4-5,9,11H,2-3,6-7H2,1H3/t9-/m1/s1. The van der Waals surface area contributed by atoms with E-state index in [1.165, 1.54) is 6.42 Å². The first-order valence-electron chi connectivity index (χ1n) is 5.02. The zero-order valence-electron chi connectivity index (χ0n) is 8.36. The minimum atomic E-state index is 0.251. The van der Waals surface area contributed by atoms with Gasteiger partial charge in [0.25, 0.3) is 0 Å². The molecule has 1 aliphatic heterocycles. The molecule has 0 radical (unpaired) electrons. The Morgan fingerprint density at radius 3 is 3.00 bits per heavy atom. The first-order valence-corrected chi connectivity index (χ1v) is 5.02. The van der Waals surface area contributed by atoms with E-state index in [1.54, 1.807) is 0 Å². The summed E-state index contributed by atoms with van der Waals surface area (Å²) in [6.45, 7) is 3.92. The molecular weight excluding hydrogens is 178 g/mol. The summed E-state index contributed by atoms with van der Waals surface area (Å²) in [5, 5.41) is 11.2. The average molecular weight is 193 g/mol. The molecule has 1 fully saturated rings. The average Bonchev–Trinajstić information content (AvgIpc) is 2.23. The van der Waals surface area contributed by atoms with Crippen LogP contribution < -0.4 is 10.1 Å². The van der Waals surface area contributed by atoms with Crippen molar-refractivity contribution in [2.24, 2.45) is 0 Å². The Balaban J connectivity index is 1.92. The minimum Gasteiger partial charge on any atom is -0.472 e. The van der Waals surface area contributed by atoms with E-state index in [0.717, 1.165) is 25.2 Å². The normalized spacial score (nSPS) is 21.9. The van der Waals surface area contributed by atoms with Gasteiger partial charge in [0.05, 0.1) is 5.69 Å². The molecule has 14 heavy (non-hydrogen) atoms. The van der Waals surface area contributed by atoms with Gasteiger partial charge in [-0.2, -0.15) is 5.10 Å². The summed E-state index contributed by atoms with van der Waals surface area (Å²) in [5.41, 5.74) is 0.916. The third kappa shape index (κ3) is 2.42. The number of ether oxygens (including phenoxy) is 1. The number of piperidine rings is 1. The minimum absolute atomic E-state index is 0.251. The highest BCUT2D eigenvalue weighted by atomic mass is 16.5. The van der Waals surface area contributed by atoms with Gasteiger partial charge in [0.1, 0.15) is 6.10 Å². The molecule has 0 amide bonds. The Kier molecular flexibility index (Phi) is 2.93. The molecule has 4 nitrogen and oxygen atoms in total. The van der Waals surface area contributed by atoms with Crippen LogP contribution in [0.15, 0.2) is 12.1 Å². The van der Waals surface area contributed by atoms with Crippen LogP contribution in [0.5, 0.6) is 5.88 Å². The van der Waals surface area contributed by atoms with Gasteiger partial charge in [-0.15, -0.1) is 5.10 Å². The van der Waals surface area contributed by atoms with Gasteiger partial charge in [-0.05, 0) is 32.4 Å². The predicted octanol–water partition coefficient (Wildman–Crippen LogP) is 0.916. The second-order valence-corrected chi connectivity index (χ2v) is 3.60. The first-order chi connectivity index (χ1) is 6.84. The number of nitrogens with zero attached hydrogens (tertiary/aromatic N) is 2. The van der Waals surface area contributed by atoms with Crippen LogP contribution in [-0.2, 0) is 0 Å². The molecular formula is C10H15N3O. The summed E-state index contributed by atoms with van der Waals surface area (Å²) in [6, 6.07) is 3.79. The van der Waals surface area contributed by atoms with Gasteiger partial charge in [-0.25, -0.2) is 0 Å². The molecule has 2 rings (SSSR count). The van der Waals surface area contributed by atoms with E-state index in [4.69, 9.17) is 4.74 Å². The monoisotopic (exact) mass is 193 g/mol. The number of nitrogens with one attached hydrogen (secondary N) is 1. The summed E-state index contributed by atoms with van der Waals surface area (Å²) in [5.74, 6) is 0.629. The lowest BCUT2D eigenvalue weighted by atomic mass is 10.1. The van der Waals surface area contributed by atoms with E-state index in [0.29, 0.717) is 5.88 Å². The number of aryl methyl sites for hydroxylation is 1. The van der Waals surface area contributed by atoms with E-state index in [-0.39, 0.29) is 6.10 Å². The van der Waals surface area contributed by atoms with Crippen molar-refractivity contribution in [2.75, 3.05) is 13.1 Å². The van der Waals surface area contributed by atoms with Crippen molar-refractivity contribution < 1.29 is 4.74 Å². The summed E-state index contributed by atoms with van der Waals surface area (Å²) < 4.78 is 5.67. The first kappa shape index (κ1) is 9.40. The molecule has 0 spiro atoms. The molecule has 4 heteroatoms. The molecule has 0 bridgehead atoms. The Hall–Kier alpha value is -1.16. The van der Waals surface area contributed by atoms with Crippen LogP contribution in [0.3, 0.4) is 0 Å². The smallest absolute Gasteiger partial charge is 0.233 e. The van der Waals surface area contributed by atoms with Gasteiger partial charge >= 0.3 is 0 Å². The van der Waals surface area contributed by atoms with Crippen molar-refractivity contribution in [2.45, 2.75) is 25.9 Å². The van der Waals surface area contributed by atoms with Crippen molar-refractivity contribution >= 4 is 0 Å². The molecule has 1 aromatic rings. The molecule has 0 aromatic carbocycles. The Labute approximate surface area is 83.7 Å². The summed E-state index contributed by atoms with van der Waals surface area (Å²) in [7, 11) is 0. The fraction of sp³-hybridized carbons (Fsp3) is 0.600. The predicted molar refractivity (Wildman–Crippen MR) is 53.3 cm³/mol. The van der Waals surface area contributed by atoms with Crippen molar-refractivity contribution in [3.8, 4) is 5.88 Å². The fourth-order valence-corrected chi connectivity index (χ4v) is 1.54. The second-order valence-electron chi connectivity index (χ2n) is 3.60.